The van der Waals surface area contributed by atoms with Crippen LogP contribution in [0.15, 0.2) is 18.5 Å². The van der Waals surface area contributed by atoms with E-state index in [1.165, 1.54) is 0 Å². The van der Waals surface area contributed by atoms with Gasteiger partial charge in [0.25, 0.3) is 0 Å². The summed E-state index contributed by atoms with van der Waals surface area (Å²) in [6.45, 7) is 1.98. The van der Waals surface area contributed by atoms with Crippen LogP contribution in [0.4, 0.5) is 19.0 Å². The molecule has 3 N–H and O–H groups in total. The first-order chi connectivity index (χ1) is 23.3. The molecule has 4 fully saturated rings. The Balaban J connectivity index is 1.21. The Hall–Kier alpha value is -3.30. The quantitative estimate of drug-likeness (QED) is 0.282. The van der Waals surface area contributed by atoms with E-state index in [0.717, 1.165) is 31.4 Å². The lowest BCUT2D eigenvalue weighted by molar-refractivity contribution is -0.131. The van der Waals surface area contributed by atoms with Gasteiger partial charge in [0.1, 0.15) is 36.0 Å². The first-order valence-electron chi connectivity index (χ1n) is 16.8. The molecule has 0 radical (unpaired) electrons. The smallest absolute Gasteiger partial charge is 0.319 e. The molecule has 254 valence electrons. The van der Waals surface area contributed by atoms with Gasteiger partial charge in [-0.3, -0.25) is 20.3 Å². The van der Waals surface area contributed by atoms with Crippen molar-refractivity contribution in [1.29, 1.82) is 0 Å². The van der Waals surface area contributed by atoms with Gasteiger partial charge in [0.05, 0.1) is 35.3 Å². The summed E-state index contributed by atoms with van der Waals surface area (Å²) < 4.78 is 58.8. The second kappa shape index (κ2) is 11.7. The second-order valence-electron chi connectivity index (χ2n) is 14.0. The first-order valence-corrected chi connectivity index (χ1v) is 17.1. The Morgan fingerprint density at radius 1 is 1.15 bits per heavy atom. The number of ether oxygens (including phenoxy) is 2. The highest BCUT2D eigenvalue weighted by Gasteiger charge is 2.49. The predicted molar refractivity (Wildman–Crippen MR) is 172 cm³/mol. The Kier molecular flexibility index (Phi) is 7.46. The van der Waals surface area contributed by atoms with Gasteiger partial charge in [-0.1, -0.05) is 11.6 Å². The van der Waals surface area contributed by atoms with Gasteiger partial charge in [-0.25, -0.2) is 13.2 Å². The van der Waals surface area contributed by atoms with Crippen LogP contribution in [0.3, 0.4) is 0 Å². The third-order valence-electron chi connectivity index (χ3n) is 11.1. The molecule has 15 heteroatoms. The van der Waals surface area contributed by atoms with Gasteiger partial charge in [-0.15, -0.1) is 0 Å². The molecule has 48 heavy (non-hydrogen) atoms. The Labute approximate surface area is 279 Å². The van der Waals surface area contributed by atoms with Gasteiger partial charge in [0.2, 0.25) is 6.41 Å². The molecule has 1 saturated carbocycles. The van der Waals surface area contributed by atoms with Crippen molar-refractivity contribution in [3.05, 3.63) is 34.9 Å². The van der Waals surface area contributed by atoms with E-state index in [0.29, 0.717) is 52.1 Å². The molecule has 10 rings (SSSR count). The van der Waals surface area contributed by atoms with Crippen LogP contribution in [-0.4, -0.2) is 105 Å². The van der Waals surface area contributed by atoms with Crippen molar-refractivity contribution in [3.63, 3.8) is 0 Å². The fourth-order valence-electron chi connectivity index (χ4n) is 8.60. The van der Waals surface area contributed by atoms with Crippen LogP contribution < -0.4 is 15.0 Å². The predicted octanol–water partition coefficient (Wildman–Crippen LogP) is 4.62. The van der Waals surface area contributed by atoms with E-state index in [4.69, 9.17) is 26.1 Å². The molecule has 3 saturated heterocycles. The van der Waals surface area contributed by atoms with E-state index in [9.17, 15) is 9.50 Å². The number of alkyl halides is 2. The highest BCUT2D eigenvalue weighted by molar-refractivity contribution is 6.33. The number of H-pyrrole nitrogens is 1. The van der Waals surface area contributed by atoms with Gasteiger partial charge in [-0.05, 0) is 62.1 Å². The van der Waals surface area contributed by atoms with Crippen molar-refractivity contribution in [2.45, 2.75) is 74.8 Å². The fourth-order valence-corrected chi connectivity index (χ4v) is 8.94. The number of hydrogen-bond donors (Lipinski definition) is 3. The van der Waals surface area contributed by atoms with Crippen LogP contribution in [0.5, 0.6) is 6.01 Å². The molecule has 6 aliphatic rings. The third kappa shape index (κ3) is 5.10. The molecule has 0 amide bonds. The zero-order chi connectivity index (χ0) is 32.7. The van der Waals surface area contributed by atoms with E-state index >= 15 is 8.78 Å². The zero-order valence-electron chi connectivity index (χ0n) is 26.1. The van der Waals surface area contributed by atoms with Gasteiger partial charge >= 0.3 is 6.01 Å². The van der Waals surface area contributed by atoms with Crippen LogP contribution in [0, 0.1) is 11.7 Å². The maximum Gasteiger partial charge on any atom is 0.319 e. The van der Waals surface area contributed by atoms with E-state index in [1.807, 2.05) is 4.90 Å². The average molecular weight is 685 g/mol. The molecule has 3 aromatic heterocycles. The molecule has 5 aliphatic heterocycles. The normalized spacial score (nSPS) is 32.1. The van der Waals surface area contributed by atoms with Crippen molar-refractivity contribution in [3.8, 4) is 17.3 Å². The Morgan fingerprint density at radius 3 is 2.94 bits per heavy atom. The van der Waals surface area contributed by atoms with Crippen LogP contribution in [-0.2, 0) is 4.74 Å². The van der Waals surface area contributed by atoms with Crippen molar-refractivity contribution < 1.29 is 27.8 Å². The largest absolute Gasteiger partial charge is 0.461 e. The number of anilines is 1. The maximum atomic E-state index is 17.1. The summed E-state index contributed by atoms with van der Waals surface area (Å²) in [7, 11) is 0. The first kappa shape index (κ1) is 30.7. The van der Waals surface area contributed by atoms with E-state index < -0.39 is 36.2 Å². The number of hydrogen-bond acceptors (Lipinski definition) is 10. The van der Waals surface area contributed by atoms with Crippen LogP contribution in [0.25, 0.3) is 33.1 Å². The van der Waals surface area contributed by atoms with Gasteiger partial charge in [-0.2, -0.15) is 15.1 Å². The maximum absolute atomic E-state index is 17.1. The number of pyridine rings is 1. The lowest BCUT2D eigenvalue weighted by Crippen LogP contribution is -2.55. The number of halogens is 4. The number of piperidine rings is 1. The standard InChI is InChI=1S/C33H36ClF3N8O3/c34-21-9-23-19(12-39-43-23)26-25(21)18-8-16(18)3-7-47-32(46)40-24-14-44(6-2-22(24)36)30-20-11-38-29(26)27(37)28(20)41-31(42-30)48-15-33-4-1-5-45(33)13-17(35)10-33/h9,11-12,16-18,22,24,32,40,46H,1-8,10,13-15H2,(H,39,43)/t16-,17+,18+,22+,24-,32?,33-/m0/s1. The Bertz CT molecular complexity index is 1900. The molecule has 1 aliphatic carbocycles. The van der Waals surface area contributed by atoms with E-state index in [1.54, 1.807) is 18.5 Å². The van der Waals surface area contributed by atoms with Gasteiger partial charge < -0.3 is 19.5 Å². The molecule has 11 nitrogen and oxygen atoms in total. The number of rotatable bonds is 3. The zero-order valence-corrected chi connectivity index (χ0v) is 26.9. The summed E-state index contributed by atoms with van der Waals surface area (Å²) in [5, 5.41) is 22.2. The fraction of sp³-hybridized carbons (Fsp3) is 0.576. The van der Waals surface area contributed by atoms with Crippen LogP contribution in [0.2, 0.25) is 5.02 Å². The molecule has 4 aromatic rings. The number of aromatic nitrogens is 5. The molecule has 1 aromatic carbocycles. The lowest BCUT2D eigenvalue weighted by Gasteiger charge is -2.37. The molecule has 1 unspecified atom stereocenters. The summed E-state index contributed by atoms with van der Waals surface area (Å²) in [4.78, 5) is 18.0. The number of aliphatic hydroxyl groups is 1. The molecule has 7 atom stereocenters. The molecule has 8 heterocycles. The monoisotopic (exact) mass is 684 g/mol. The number of aliphatic hydroxyl groups excluding tert-OH is 1. The summed E-state index contributed by atoms with van der Waals surface area (Å²) in [5.74, 6) is -0.136. The van der Waals surface area contributed by atoms with Gasteiger partial charge in [0.15, 0.2) is 5.82 Å². The summed E-state index contributed by atoms with van der Waals surface area (Å²) in [6.07, 6.45) is 3.30. The van der Waals surface area contributed by atoms with Gasteiger partial charge in [0, 0.05) is 48.2 Å². The topological polar surface area (TPSA) is 125 Å². The van der Waals surface area contributed by atoms with Crippen LogP contribution in [0.1, 0.15) is 50.0 Å². The highest BCUT2D eigenvalue weighted by Crippen LogP contribution is 2.56. The van der Waals surface area contributed by atoms with Crippen molar-refractivity contribution in [2.75, 3.05) is 44.3 Å². The SMILES string of the molecule is OC1N[C@H]2CN(CC[C@H]2F)c2nc(OC[C@@]34CCCN3C[C@H](F)C4)nc3c(F)c(ncc23)-c2c(c(Cl)cc3[nH]ncc23)[C@@H]2C[C@@H]2CCO1. The summed E-state index contributed by atoms with van der Waals surface area (Å²) in [5.41, 5.74) is 1.60. The third-order valence-corrected chi connectivity index (χ3v) is 11.4. The van der Waals surface area contributed by atoms with Crippen molar-refractivity contribution in [1.82, 2.24) is 35.4 Å². The summed E-state index contributed by atoms with van der Waals surface area (Å²) >= 11 is 6.91. The van der Waals surface area contributed by atoms with E-state index in [2.05, 4.69) is 30.4 Å². The Morgan fingerprint density at radius 2 is 2.04 bits per heavy atom. The summed E-state index contributed by atoms with van der Waals surface area (Å²) in [6, 6.07) is 0.966. The molecular formula is C33H36ClF3N8O3. The minimum Gasteiger partial charge on any atom is -0.461 e. The average Bonchev–Trinajstić information content (AvgIpc) is 3.32. The number of benzene rings is 1. The second-order valence-corrected chi connectivity index (χ2v) is 14.4. The molecule has 0 spiro atoms. The number of nitrogens with zero attached hydrogens (tertiary/aromatic N) is 6. The minimum atomic E-state index is -1.37. The highest BCUT2D eigenvalue weighted by atomic mass is 35.5. The number of fused-ring (bicyclic) bond motifs is 7. The van der Waals surface area contributed by atoms with Crippen molar-refractivity contribution in [2.24, 2.45) is 5.92 Å². The minimum absolute atomic E-state index is 0.00468. The van der Waals surface area contributed by atoms with Crippen LogP contribution >= 0.6 is 11.6 Å². The number of nitrogens with one attached hydrogen (secondary N) is 2. The molecule has 6 bridgehead atoms. The van der Waals surface area contributed by atoms with Crippen molar-refractivity contribution >= 4 is 39.2 Å². The van der Waals surface area contributed by atoms with E-state index in [-0.39, 0.29) is 61.8 Å². The lowest BCUT2D eigenvalue weighted by atomic mass is 9.94. The molecular weight excluding hydrogens is 649 g/mol. The number of aromatic amines is 1.